The number of rotatable bonds is 5. The number of piperazine rings is 1. The van der Waals surface area contributed by atoms with Crippen LogP contribution in [-0.4, -0.2) is 48.4 Å². The van der Waals surface area contributed by atoms with Crippen molar-refractivity contribution in [2.24, 2.45) is 5.41 Å². The van der Waals surface area contributed by atoms with Crippen molar-refractivity contribution in [3.8, 4) is 0 Å². The number of ether oxygens (including phenoxy) is 1. The molecule has 6 nitrogen and oxygen atoms in total. The van der Waals surface area contributed by atoms with Gasteiger partial charge in [-0.3, -0.25) is 14.4 Å². The number of amides is 2. The van der Waals surface area contributed by atoms with Crippen LogP contribution in [0.5, 0.6) is 0 Å². The normalized spacial score (nSPS) is 26.0. The number of hydrogen-bond donors (Lipinski definition) is 1. The van der Waals surface area contributed by atoms with E-state index >= 15 is 0 Å². The summed E-state index contributed by atoms with van der Waals surface area (Å²) in [5.74, 6) is -1.05. The van der Waals surface area contributed by atoms with E-state index in [2.05, 4.69) is 5.32 Å². The number of carbonyl (C=O) groups excluding carboxylic acids is 3. The number of fused-ring (bicyclic) bond motifs is 1. The minimum Gasteiger partial charge on any atom is -0.468 e. The molecule has 0 spiro atoms. The first-order valence-electron chi connectivity index (χ1n) is 9.80. The van der Waals surface area contributed by atoms with Crippen molar-refractivity contribution in [3.05, 3.63) is 71.8 Å². The quantitative estimate of drug-likeness (QED) is 0.621. The maximum atomic E-state index is 13.5. The number of nitrogens with zero attached hydrogens (tertiary/aromatic N) is 1. The molecule has 150 valence electrons. The minimum absolute atomic E-state index is 0.0255. The van der Waals surface area contributed by atoms with E-state index < -0.39 is 11.4 Å². The van der Waals surface area contributed by atoms with Gasteiger partial charge in [-0.05, 0) is 30.4 Å². The van der Waals surface area contributed by atoms with Crippen LogP contribution in [0, 0.1) is 5.41 Å². The van der Waals surface area contributed by atoms with Gasteiger partial charge in [0.05, 0.1) is 25.7 Å². The summed E-state index contributed by atoms with van der Waals surface area (Å²) >= 11 is 0. The second kappa shape index (κ2) is 7.70. The molecule has 2 heterocycles. The van der Waals surface area contributed by atoms with Crippen molar-refractivity contribution in [1.29, 1.82) is 0 Å². The van der Waals surface area contributed by atoms with Gasteiger partial charge in [-0.15, -0.1) is 0 Å². The lowest BCUT2D eigenvalue weighted by Crippen LogP contribution is -2.59. The fraction of sp³-hybridized carbons (Fsp3) is 0.348. The van der Waals surface area contributed by atoms with Crippen LogP contribution in [0.25, 0.3) is 0 Å². The SMILES string of the molecule is COC(=O)[C@@]1(Cc2ccccc2)C[C@H]2[C@H](Cc3ccccc3)NC(=O)CN2C1=O. The first-order valence-corrected chi connectivity index (χ1v) is 9.80. The average Bonchev–Trinajstić information content (AvgIpc) is 3.02. The van der Waals surface area contributed by atoms with Crippen LogP contribution in [0.15, 0.2) is 60.7 Å². The number of esters is 1. The molecule has 29 heavy (non-hydrogen) atoms. The molecule has 0 radical (unpaired) electrons. The van der Waals surface area contributed by atoms with Gasteiger partial charge >= 0.3 is 5.97 Å². The summed E-state index contributed by atoms with van der Waals surface area (Å²) in [6.07, 6.45) is 1.19. The summed E-state index contributed by atoms with van der Waals surface area (Å²) < 4.78 is 5.07. The molecule has 0 aromatic heterocycles. The first-order chi connectivity index (χ1) is 14.0. The van der Waals surface area contributed by atoms with E-state index in [-0.39, 0.29) is 36.9 Å². The van der Waals surface area contributed by atoms with Gasteiger partial charge in [0, 0.05) is 0 Å². The molecule has 3 atom stereocenters. The Bertz CT molecular complexity index is 915. The number of methoxy groups -OCH3 is 1. The second-order valence-corrected chi connectivity index (χ2v) is 7.80. The molecule has 6 heteroatoms. The zero-order chi connectivity index (χ0) is 20.4. The Morgan fingerprint density at radius 3 is 2.31 bits per heavy atom. The van der Waals surface area contributed by atoms with E-state index in [4.69, 9.17) is 4.74 Å². The van der Waals surface area contributed by atoms with Gasteiger partial charge < -0.3 is 15.0 Å². The Balaban J connectivity index is 1.67. The van der Waals surface area contributed by atoms with Crippen molar-refractivity contribution in [1.82, 2.24) is 10.2 Å². The van der Waals surface area contributed by atoms with E-state index in [1.807, 2.05) is 60.7 Å². The molecular weight excluding hydrogens is 368 g/mol. The monoisotopic (exact) mass is 392 g/mol. The Morgan fingerprint density at radius 2 is 1.69 bits per heavy atom. The summed E-state index contributed by atoms with van der Waals surface area (Å²) in [5, 5.41) is 3.03. The van der Waals surface area contributed by atoms with Crippen LogP contribution in [0.2, 0.25) is 0 Å². The van der Waals surface area contributed by atoms with Crippen LogP contribution in [-0.2, 0) is 32.0 Å². The maximum Gasteiger partial charge on any atom is 0.321 e. The fourth-order valence-corrected chi connectivity index (χ4v) is 4.62. The van der Waals surface area contributed by atoms with Crippen molar-refractivity contribution >= 4 is 17.8 Å². The molecule has 2 saturated heterocycles. The molecule has 2 aromatic carbocycles. The largest absolute Gasteiger partial charge is 0.468 e. The Labute approximate surface area is 169 Å². The lowest BCUT2D eigenvalue weighted by molar-refractivity contribution is -0.159. The Morgan fingerprint density at radius 1 is 1.07 bits per heavy atom. The predicted molar refractivity (Wildman–Crippen MR) is 107 cm³/mol. The smallest absolute Gasteiger partial charge is 0.321 e. The maximum absolute atomic E-state index is 13.5. The molecule has 0 aliphatic carbocycles. The summed E-state index contributed by atoms with van der Waals surface area (Å²) in [5.41, 5.74) is 0.665. The van der Waals surface area contributed by atoms with Gasteiger partial charge in [0.1, 0.15) is 0 Å². The average molecular weight is 392 g/mol. The molecule has 2 fully saturated rings. The van der Waals surface area contributed by atoms with Gasteiger partial charge in [-0.1, -0.05) is 60.7 Å². The number of benzene rings is 2. The zero-order valence-corrected chi connectivity index (χ0v) is 16.3. The van der Waals surface area contributed by atoms with Crippen molar-refractivity contribution in [2.45, 2.75) is 31.3 Å². The third kappa shape index (κ3) is 3.50. The molecule has 2 aromatic rings. The molecular formula is C23H24N2O4. The summed E-state index contributed by atoms with van der Waals surface area (Å²) in [7, 11) is 1.31. The highest BCUT2D eigenvalue weighted by atomic mass is 16.5. The van der Waals surface area contributed by atoms with E-state index in [1.165, 1.54) is 7.11 Å². The van der Waals surface area contributed by atoms with Crippen LogP contribution in [0.4, 0.5) is 0 Å². The highest BCUT2D eigenvalue weighted by Gasteiger charge is 2.60. The molecule has 0 saturated carbocycles. The van der Waals surface area contributed by atoms with Gasteiger partial charge in [-0.2, -0.15) is 0 Å². The van der Waals surface area contributed by atoms with Crippen molar-refractivity contribution in [2.75, 3.05) is 13.7 Å². The van der Waals surface area contributed by atoms with E-state index in [0.29, 0.717) is 12.8 Å². The zero-order valence-electron chi connectivity index (χ0n) is 16.3. The third-order valence-corrected chi connectivity index (χ3v) is 5.98. The van der Waals surface area contributed by atoms with Crippen molar-refractivity contribution in [3.63, 3.8) is 0 Å². The molecule has 4 rings (SSSR count). The molecule has 2 aliphatic heterocycles. The highest BCUT2D eigenvalue weighted by Crippen LogP contribution is 2.42. The van der Waals surface area contributed by atoms with Crippen LogP contribution < -0.4 is 5.32 Å². The van der Waals surface area contributed by atoms with Gasteiger partial charge in [-0.25, -0.2) is 0 Å². The van der Waals surface area contributed by atoms with E-state index in [9.17, 15) is 14.4 Å². The third-order valence-electron chi connectivity index (χ3n) is 5.98. The van der Waals surface area contributed by atoms with E-state index in [1.54, 1.807) is 4.90 Å². The Hall–Kier alpha value is -3.15. The minimum atomic E-state index is -1.30. The predicted octanol–water partition coefficient (Wildman–Crippen LogP) is 1.73. The summed E-state index contributed by atoms with van der Waals surface area (Å²) in [6.45, 7) is -0.0255. The van der Waals surface area contributed by atoms with Crippen LogP contribution in [0.3, 0.4) is 0 Å². The topological polar surface area (TPSA) is 75.7 Å². The molecule has 1 N–H and O–H groups in total. The van der Waals surface area contributed by atoms with Crippen LogP contribution in [0.1, 0.15) is 17.5 Å². The van der Waals surface area contributed by atoms with Crippen molar-refractivity contribution < 1.29 is 19.1 Å². The fourth-order valence-electron chi connectivity index (χ4n) is 4.62. The number of carbonyl (C=O) groups is 3. The Kier molecular flexibility index (Phi) is 5.09. The number of nitrogens with one attached hydrogen (secondary N) is 1. The van der Waals surface area contributed by atoms with E-state index in [0.717, 1.165) is 11.1 Å². The molecule has 2 aliphatic rings. The first kappa shape index (κ1) is 19.2. The standard InChI is InChI=1S/C23H24N2O4/c1-29-22(28)23(13-17-10-6-3-7-11-17)14-19-18(12-16-8-4-2-5-9-16)24-20(26)15-25(19)21(23)27/h2-11,18-19H,12-15H2,1H3,(H,24,26)/t18-,19-,23-/m0/s1. The molecule has 0 unspecified atom stereocenters. The highest BCUT2D eigenvalue weighted by molar-refractivity contribution is 6.06. The lowest BCUT2D eigenvalue weighted by atomic mass is 9.77. The lowest BCUT2D eigenvalue weighted by Gasteiger charge is -2.36. The second-order valence-electron chi connectivity index (χ2n) is 7.80. The summed E-state index contributed by atoms with van der Waals surface area (Å²) in [4.78, 5) is 40.2. The summed E-state index contributed by atoms with van der Waals surface area (Å²) in [6, 6.07) is 18.8. The molecule has 0 bridgehead atoms. The van der Waals surface area contributed by atoms with Gasteiger partial charge in [0.25, 0.3) is 0 Å². The molecule has 2 amide bonds. The van der Waals surface area contributed by atoms with Gasteiger partial charge in [0.2, 0.25) is 11.8 Å². The van der Waals surface area contributed by atoms with Gasteiger partial charge in [0.15, 0.2) is 5.41 Å². The van der Waals surface area contributed by atoms with Crippen LogP contribution >= 0.6 is 0 Å². The number of hydrogen-bond acceptors (Lipinski definition) is 4.